The van der Waals surface area contributed by atoms with Crippen LogP contribution < -0.4 is 5.32 Å². The molecule has 1 atom stereocenters. The smallest absolute Gasteiger partial charge is 0.388 e. The lowest BCUT2D eigenvalue weighted by atomic mass is 10.1. The predicted octanol–water partition coefficient (Wildman–Crippen LogP) is 1.67. The average molecular weight is 151 g/mol. The summed E-state index contributed by atoms with van der Waals surface area (Å²) in [6.07, 6.45) is -4.03. The van der Waals surface area contributed by atoms with Crippen molar-refractivity contribution >= 4 is 0 Å². The number of alkyl halides is 3. The van der Waals surface area contributed by atoms with E-state index in [2.05, 4.69) is 11.9 Å². The number of allylic oxidation sites excluding steroid dienone is 1. The van der Waals surface area contributed by atoms with Crippen molar-refractivity contribution in [2.75, 3.05) is 6.54 Å². The van der Waals surface area contributed by atoms with Gasteiger partial charge in [0.25, 0.3) is 0 Å². The quantitative estimate of drug-likeness (QED) is 0.555. The van der Waals surface area contributed by atoms with Gasteiger partial charge in [-0.3, -0.25) is 0 Å². The first kappa shape index (κ1) is 7.44. The summed E-state index contributed by atoms with van der Waals surface area (Å²) in [7, 11) is 0. The minimum absolute atomic E-state index is 0.0116. The number of nitrogens with one attached hydrogen (secondary N) is 1. The van der Waals surface area contributed by atoms with E-state index < -0.39 is 12.1 Å². The van der Waals surface area contributed by atoms with Gasteiger partial charge in [0.2, 0.25) is 0 Å². The van der Waals surface area contributed by atoms with Gasteiger partial charge in [-0.2, -0.15) is 13.2 Å². The Bertz CT molecular complexity index is 150. The van der Waals surface area contributed by atoms with Crippen molar-refractivity contribution in [2.24, 2.45) is 5.92 Å². The van der Waals surface area contributed by atoms with Crippen LogP contribution in [0.1, 0.15) is 6.42 Å². The molecule has 1 rings (SSSR count). The highest BCUT2D eigenvalue weighted by molar-refractivity contribution is 5.01. The highest BCUT2D eigenvalue weighted by Crippen LogP contribution is 2.32. The fourth-order valence-corrected chi connectivity index (χ4v) is 0.941. The van der Waals surface area contributed by atoms with E-state index >= 15 is 0 Å². The number of rotatable bonds is 0. The van der Waals surface area contributed by atoms with Crippen LogP contribution in [0.5, 0.6) is 0 Å². The van der Waals surface area contributed by atoms with Crippen LogP contribution in [-0.2, 0) is 0 Å². The molecule has 0 spiro atoms. The molecule has 1 heterocycles. The molecule has 0 bridgehead atoms. The molecule has 0 aromatic rings. The second kappa shape index (κ2) is 2.18. The largest absolute Gasteiger partial charge is 0.393 e. The van der Waals surface area contributed by atoms with E-state index in [1.54, 1.807) is 0 Å². The zero-order chi connectivity index (χ0) is 7.78. The van der Waals surface area contributed by atoms with E-state index in [9.17, 15) is 13.2 Å². The van der Waals surface area contributed by atoms with Crippen LogP contribution in [0.25, 0.3) is 0 Å². The van der Waals surface area contributed by atoms with Crippen LogP contribution in [0, 0.1) is 5.92 Å². The molecule has 1 unspecified atom stereocenters. The van der Waals surface area contributed by atoms with E-state index in [4.69, 9.17) is 0 Å². The lowest BCUT2D eigenvalue weighted by Gasteiger charge is -2.11. The van der Waals surface area contributed by atoms with E-state index in [0.29, 0.717) is 5.70 Å². The van der Waals surface area contributed by atoms with Gasteiger partial charge in [0.1, 0.15) is 0 Å². The van der Waals surface area contributed by atoms with Gasteiger partial charge in [-0.25, -0.2) is 0 Å². The molecule has 0 aromatic carbocycles. The number of halogens is 3. The third kappa shape index (κ3) is 1.43. The van der Waals surface area contributed by atoms with E-state index in [-0.39, 0.29) is 13.0 Å². The van der Waals surface area contributed by atoms with Crippen molar-refractivity contribution in [1.29, 1.82) is 0 Å². The molecular formula is C6H8F3N. The molecule has 1 saturated heterocycles. The summed E-state index contributed by atoms with van der Waals surface area (Å²) < 4.78 is 35.6. The third-order valence-electron chi connectivity index (χ3n) is 1.55. The molecule has 4 heteroatoms. The minimum atomic E-state index is -4.06. The zero-order valence-electron chi connectivity index (χ0n) is 5.33. The lowest BCUT2D eigenvalue weighted by molar-refractivity contribution is -0.168. The summed E-state index contributed by atoms with van der Waals surface area (Å²) in [5.41, 5.74) is 0.488. The summed E-state index contributed by atoms with van der Waals surface area (Å²) in [6, 6.07) is 0. The summed E-state index contributed by atoms with van der Waals surface area (Å²) in [6.45, 7) is 3.40. The van der Waals surface area contributed by atoms with Crippen LogP contribution in [0.4, 0.5) is 13.2 Å². The minimum Gasteiger partial charge on any atom is -0.388 e. The topological polar surface area (TPSA) is 12.0 Å². The van der Waals surface area contributed by atoms with Crippen molar-refractivity contribution in [2.45, 2.75) is 12.6 Å². The lowest BCUT2D eigenvalue weighted by Crippen LogP contribution is -2.24. The molecule has 1 aliphatic rings. The van der Waals surface area contributed by atoms with Crippen molar-refractivity contribution in [3.05, 3.63) is 12.3 Å². The van der Waals surface area contributed by atoms with Crippen molar-refractivity contribution < 1.29 is 13.2 Å². The van der Waals surface area contributed by atoms with Gasteiger partial charge >= 0.3 is 6.18 Å². The predicted molar refractivity (Wildman–Crippen MR) is 31.3 cm³/mol. The molecule has 0 saturated carbocycles. The van der Waals surface area contributed by atoms with Gasteiger partial charge in [0.15, 0.2) is 0 Å². The molecule has 1 N–H and O–H groups in total. The van der Waals surface area contributed by atoms with Gasteiger partial charge in [0.05, 0.1) is 5.92 Å². The maximum absolute atomic E-state index is 11.9. The monoisotopic (exact) mass is 151 g/mol. The fraction of sp³-hybridized carbons (Fsp3) is 0.667. The second-order valence-corrected chi connectivity index (χ2v) is 2.43. The van der Waals surface area contributed by atoms with E-state index in [1.807, 2.05) is 0 Å². The number of hydrogen-bond donors (Lipinski definition) is 1. The van der Waals surface area contributed by atoms with Gasteiger partial charge in [-0.15, -0.1) is 0 Å². The normalized spacial score (nSPS) is 26.7. The van der Waals surface area contributed by atoms with Crippen LogP contribution in [0.15, 0.2) is 12.3 Å². The van der Waals surface area contributed by atoms with Crippen LogP contribution in [0.3, 0.4) is 0 Å². The molecule has 10 heavy (non-hydrogen) atoms. The third-order valence-corrected chi connectivity index (χ3v) is 1.55. The SMILES string of the molecule is C=C1CC(C(F)(F)F)CN1. The van der Waals surface area contributed by atoms with E-state index in [0.717, 1.165) is 0 Å². The summed E-state index contributed by atoms with van der Waals surface area (Å²) in [4.78, 5) is 0. The molecule has 1 nitrogen and oxygen atoms in total. The molecule has 0 aromatic heterocycles. The van der Waals surface area contributed by atoms with Gasteiger partial charge in [0, 0.05) is 12.2 Å². The molecule has 0 aliphatic carbocycles. The van der Waals surface area contributed by atoms with Crippen molar-refractivity contribution in [3.63, 3.8) is 0 Å². The van der Waals surface area contributed by atoms with E-state index in [1.165, 1.54) is 0 Å². The highest BCUT2D eigenvalue weighted by atomic mass is 19.4. The summed E-state index contributed by atoms with van der Waals surface area (Å²) >= 11 is 0. The zero-order valence-corrected chi connectivity index (χ0v) is 5.33. The molecule has 0 amide bonds. The maximum atomic E-state index is 11.9. The van der Waals surface area contributed by atoms with Crippen LogP contribution in [-0.4, -0.2) is 12.7 Å². The van der Waals surface area contributed by atoms with Crippen molar-refractivity contribution in [3.8, 4) is 0 Å². The first-order chi connectivity index (χ1) is 4.50. The Morgan fingerprint density at radius 1 is 1.50 bits per heavy atom. The molecule has 1 aliphatic heterocycles. The summed E-state index contributed by atoms with van der Waals surface area (Å²) in [5, 5.41) is 2.56. The standard InChI is InChI=1S/C6H8F3N/c1-4-2-5(3-10-4)6(7,8)9/h5,10H,1-3H2. The molecule has 1 fully saturated rings. The Balaban J connectivity index is 2.53. The maximum Gasteiger partial charge on any atom is 0.393 e. The van der Waals surface area contributed by atoms with Gasteiger partial charge in [-0.05, 0) is 6.42 Å². The first-order valence-electron chi connectivity index (χ1n) is 2.98. The Kier molecular flexibility index (Phi) is 1.62. The Hall–Kier alpha value is -0.670. The Morgan fingerprint density at radius 3 is 2.30 bits per heavy atom. The highest BCUT2D eigenvalue weighted by Gasteiger charge is 2.42. The first-order valence-corrected chi connectivity index (χ1v) is 2.98. The fourth-order valence-electron chi connectivity index (χ4n) is 0.941. The summed E-state index contributed by atoms with van der Waals surface area (Å²) in [5.74, 6) is -1.22. The van der Waals surface area contributed by atoms with Crippen LogP contribution in [0.2, 0.25) is 0 Å². The van der Waals surface area contributed by atoms with Gasteiger partial charge in [-0.1, -0.05) is 6.58 Å². The molecular weight excluding hydrogens is 143 g/mol. The molecule has 0 radical (unpaired) electrons. The molecule has 58 valence electrons. The Morgan fingerprint density at radius 2 is 2.10 bits per heavy atom. The number of hydrogen-bond acceptors (Lipinski definition) is 1. The van der Waals surface area contributed by atoms with Crippen LogP contribution >= 0.6 is 0 Å². The average Bonchev–Trinajstić information content (AvgIpc) is 2.11. The van der Waals surface area contributed by atoms with Crippen molar-refractivity contribution in [1.82, 2.24) is 5.32 Å². The second-order valence-electron chi connectivity index (χ2n) is 2.43. The Labute approximate surface area is 56.9 Å². The van der Waals surface area contributed by atoms with Gasteiger partial charge < -0.3 is 5.32 Å².